The Morgan fingerprint density at radius 3 is 2.42 bits per heavy atom. The van der Waals surface area contributed by atoms with Crippen molar-refractivity contribution < 1.29 is 13.5 Å². The van der Waals surface area contributed by atoms with Gasteiger partial charge in [-0.15, -0.1) is 0 Å². The molecule has 0 amide bonds. The highest BCUT2D eigenvalue weighted by molar-refractivity contribution is 7.91. The summed E-state index contributed by atoms with van der Waals surface area (Å²) in [5, 5.41) is 12.7. The molecule has 0 radical (unpaired) electrons. The van der Waals surface area contributed by atoms with E-state index in [4.69, 9.17) is 0 Å². The van der Waals surface area contributed by atoms with Crippen LogP contribution in [0.3, 0.4) is 0 Å². The molecule has 2 N–H and O–H groups in total. The summed E-state index contributed by atoms with van der Waals surface area (Å²) >= 11 is 0. The van der Waals surface area contributed by atoms with Gasteiger partial charge in [-0.3, -0.25) is 0 Å². The molecule has 1 unspecified atom stereocenters. The van der Waals surface area contributed by atoms with Gasteiger partial charge in [-0.1, -0.05) is 12.1 Å². The van der Waals surface area contributed by atoms with Gasteiger partial charge in [0.1, 0.15) is 15.6 Å². The smallest absolute Gasteiger partial charge is 0.150 e. The van der Waals surface area contributed by atoms with E-state index in [1.807, 2.05) is 12.1 Å². The third-order valence-corrected chi connectivity index (χ3v) is 5.27. The molecular weight excluding hydrogens is 262 g/mol. The number of sulfone groups is 1. The quantitative estimate of drug-likeness (QED) is 0.878. The monoisotopic (exact) mass is 283 g/mol. The predicted octanol–water partition coefficient (Wildman–Crippen LogP) is 1.49. The van der Waals surface area contributed by atoms with E-state index in [0.29, 0.717) is 36.4 Å². The van der Waals surface area contributed by atoms with Crippen LogP contribution in [0.25, 0.3) is 0 Å². The Kier molecular flexibility index (Phi) is 4.47. The van der Waals surface area contributed by atoms with Gasteiger partial charge in [0.2, 0.25) is 0 Å². The summed E-state index contributed by atoms with van der Waals surface area (Å²) in [5.74, 6) is 0.884. The van der Waals surface area contributed by atoms with Crippen LogP contribution >= 0.6 is 0 Å². The fourth-order valence-electron chi connectivity index (χ4n) is 2.50. The summed E-state index contributed by atoms with van der Waals surface area (Å²) in [5.41, 5.74) is 1.17. The summed E-state index contributed by atoms with van der Waals surface area (Å²) in [7, 11) is -2.78. The molecule has 0 aromatic heterocycles. The molecule has 1 aromatic rings. The van der Waals surface area contributed by atoms with Crippen molar-refractivity contribution in [1.29, 1.82) is 0 Å². The van der Waals surface area contributed by atoms with Crippen LogP contribution in [0.4, 0.5) is 0 Å². The van der Waals surface area contributed by atoms with Gasteiger partial charge in [-0.05, 0) is 43.9 Å². The first-order chi connectivity index (χ1) is 8.94. The van der Waals surface area contributed by atoms with E-state index in [1.165, 1.54) is 5.56 Å². The molecule has 4 nitrogen and oxygen atoms in total. The van der Waals surface area contributed by atoms with Crippen LogP contribution in [-0.2, 0) is 16.3 Å². The lowest BCUT2D eigenvalue weighted by Gasteiger charge is -2.26. The molecule has 106 valence electrons. The summed E-state index contributed by atoms with van der Waals surface area (Å²) in [6.07, 6.45) is 2.30. The molecule has 5 heteroatoms. The summed E-state index contributed by atoms with van der Waals surface area (Å²) in [6.45, 7) is 2.11. The lowest BCUT2D eigenvalue weighted by molar-refractivity contribution is 0.411. The molecule has 1 aliphatic heterocycles. The number of hydrogen-bond donors (Lipinski definition) is 2. The number of hydrogen-bond acceptors (Lipinski definition) is 4. The maximum Gasteiger partial charge on any atom is 0.150 e. The highest BCUT2D eigenvalue weighted by Gasteiger charge is 2.24. The Balaban J connectivity index is 1.81. The van der Waals surface area contributed by atoms with Crippen molar-refractivity contribution in [1.82, 2.24) is 5.32 Å². The second-order valence-corrected chi connectivity index (χ2v) is 7.67. The summed E-state index contributed by atoms with van der Waals surface area (Å²) in [6, 6.07) is 7.81. The zero-order valence-corrected chi connectivity index (χ0v) is 12.0. The van der Waals surface area contributed by atoms with Crippen molar-refractivity contribution in [3.8, 4) is 5.75 Å². The zero-order chi connectivity index (χ0) is 13.9. The van der Waals surface area contributed by atoms with E-state index in [2.05, 4.69) is 12.2 Å². The van der Waals surface area contributed by atoms with Gasteiger partial charge in [0.05, 0.1) is 11.5 Å². The van der Waals surface area contributed by atoms with Crippen molar-refractivity contribution in [2.75, 3.05) is 11.5 Å². The van der Waals surface area contributed by atoms with Crippen LogP contribution in [0.15, 0.2) is 24.3 Å². The highest BCUT2D eigenvalue weighted by Crippen LogP contribution is 2.15. The fraction of sp³-hybridized carbons (Fsp3) is 0.571. The Morgan fingerprint density at radius 2 is 1.84 bits per heavy atom. The standard InChI is InChI=1S/C14H21NO3S/c1-11(10-12-2-4-14(16)5-3-12)15-13-6-8-19(17,18)9-7-13/h2-5,11,13,15-16H,6-10H2,1H3. The summed E-state index contributed by atoms with van der Waals surface area (Å²) < 4.78 is 22.7. The minimum Gasteiger partial charge on any atom is -0.508 e. The van der Waals surface area contributed by atoms with E-state index >= 15 is 0 Å². The Bertz CT molecular complexity index is 496. The molecule has 1 heterocycles. The molecule has 0 saturated carbocycles. The van der Waals surface area contributed by atoms with E-state index in [9.17, 15) is 13.5 Å². The minimum absolute atomic E-state index is 0.279. The number of aromatic hydroxyl groups is 1. The van der Waals surface area contributed by atoms with E-state index in [0.717, 1.165) is 6.42 Å². The first-order valence-electron chi connectivity index (χ1n) is 6.69. The highest BCUT2D eigenvalue weighted by atomic mass is 32.2. The SMILES string of the molecule is CC(Cc1ccc(O)cc1)NC1CCS(=O)(=O)CC1. The van der Waals surface area contributed by atoms with Crippen LogP contribution in [-0.4, -0.2) is 37.1 Å². The molecule has 1 aliphatic rings. The first-order valence-corrected chi connectivity index (χ1v) is 8.51. The van der Waals surface area contributed by atoms with Crippen LogP contribution in [0.1, 0.15) is 25.3 Å². The average Bonchev–Trinajstić information content (AvgIpc) is 2.35. The molecule has 1 atom stereocenters. The van der Waals surface area contributed by atoms with Gasteiger partial charge in [-0.25, -0.2) is 8.42 Å². The molecule has 0 bridgehead atoms. The van der Waals surface area contributed by atoms with Gasteiger partial charge < -0.3 is 10.4 Å². The van der Waals surface area contributed by atoms with Crippen molar-refractivity contribution in [2.24, 2.45) is 0 Å². The van der Waals surface area contributed by atoms with Crippen molar-refractivity contribution in [3.63, 3.8) is 0 Å². The topological polar surface area (TPSA) is 66.4 Å². The lowest BCUT2D eigenvalue weighted by Crippen LogP contribution is -2.42. The number of phenols is 1. The second-order valence-electron chi connectivity index (χ2n) is 5.36. The maximum absolute atomic E-state index is 11.4. The average molecular weight is 283 g/mol. The van der Waals surface area contributed by atoms with Crippen molar-refractivity contribution >= 4 is 9.84 Å². The molecule has 1 aromatic carbocycles. The normalized spacial score (nSPS) is 21.1. The third kappa shape index (κ3) is 4.51. The Hall–Kier alpha value is -1.07. The number of rotatable bonds is 4. The Morgan fingerprint density at radius 1 is 1.26 bits per heavy atom. The van der Waals surface area contributed by atoms with E-state index in [-0.39, 0.29) is 5.75 Å². The summed E-state index contributed by atoms with van der Waals surface area (Å²) in [4.78, 5) is 0. The zero-order valence-electron chi connectivity index (χ0n) is 11.2. The maximum atomic E-state index is 11.4. The third-order valence-electron chi connectivity index (χ3n) is 3.55. The van der Waals surface area contributed by atoms with Gasteiger partial charge in [-0.2, -0.15) is 0 Å². The van der Waals surface area contributed by atoms with Gasteiger partial charge in [0, 0.05) is 12.1 Å². The van der Waals surface area contributed by atoms with Crippen LogP contribution in [0.5, 0.6) is 5.75 Å². The van der Waals surface area contributed by atoms with Gasteiger partial charge >= 0.3 is 0 Å². The van der Waals surface area contributed by atoms with Crippen LogP contribution < -0.4 is 5.32 Å². The number of nitrogens with one attached hydrogen (secondary N) is 1. The number of benzene rings is 1. The van der Waals surface area contributed by atoms with Crippen LogP contribution in [0, 0.1) is 0 Å². The molecule has 1 fully saturated rings. The molecule has 2 rings (SSSR count). The van der Waals surface area contributed by atoms with Gasteiger partial charge in [0.15, 0.2) is 0 Å². The van der Waals surface area contributed by atoms with E-state index in [1.54, 1.807) is 12.1 Å². The predicted molar refractivity (Wildman–Crippen MR) is 76.1 cm³/mol. The Labute approximate surface area is 114 Å². The fourth-order valence-corrected chi connectivity index (χ4v) is 3.99. The number of phenolic OH excluding ortho intramolecular Hbond substituents is 1. The molecule has 0 aliphatic carbocycles. The molecule has 19 heavy (non-hydrogen) atoms. The second kappa shape index (κ2) is 5.92. The molecule has 0 spiro atoms. The minimum atomic E-state index is -2.78. The first kappa shape index (κ1) is 14.3. The largest absolute Gasteiger partial charge is 0.508 e. The van der Waals surface area contributed by atoms with Crippen LogP contribution in [0.2, 0.25) is 0 Å². The van der Waals surface area contributed by atoms with Crippen molar-refractivity contribution in [3.05, 3.63) is 29.8 Å². The molecule has 1 saturated heterocycles. The molecular formula is C14H21NO3S. The van der Waals surface area contributed by atoms with E-state index < -0.39 is 9.84 Å². The van der Waals surface area contributed by atoms with Gasteiger partial charge in [0.25, 0.3) is 0 Å². The van der Waals surface area contributed by atoms with Crippen molar-refractivity contribution in [2.45, 2.75) is 38.3 Å². The lowest BCUT2D eigenvalue weighted by atomic mass is 10.0.